The molecule has 0 atom stereocenters. The van der Waals surface area contributed by atoms with Gasteiger partial charge in [0.15, 0.2) is 11.5 Å². The summed E-state index contributed by atoms with van der Waals surface area (Å²) < 4.78 is 20.4. The van der Waals surface area contributed by atoms with Gasteiger partial charge in [0.1, 0.15) is 11.6 Å². The average Bonchev–Trinajstić information content (AvgIpc) is 2.88. The molecule has 0 radical (unpaired) electrons. The van der Waals surface area contributed by atoms with Gasteiger partial charge in [0.05, 0.1) is 12.8 Å². The standard InChI is InChI=1S/C26H31FN6O2/c1-3-9-29-26(34)24-7-8-25(31-30-24)33-12-10-32(11-13-33)18-19-5-6-22(23(27)14-19)20-15-21(35-4-2)17-28-16-20/h5-8,14-17H,3-4,9-13,18H2,1-2H3,(H,29,34). The molecule has 0 spiro atoms. The minimum absolute atomic E-state index is 0.202. The summed E-state index contributed by atoms with van der Waals surface area (Å²) in [5.74, 6) is 0.919. The van der Waals surface area contributed by atoms with Gasteiger partial charge < -0.3 is 15.0 Å². The van der Waals surface area contributed by atoms with Crippen LogP contribution in [0.4, 0.5) is 10.2 Å². The molecule has 2 aromatic heterocycles. The van der Waals surface area contributed by atoms with Crippen LogP contribution in [-0.2, 0) is 6.54 Å². The third kappa shape index (κ3) is 6.30. The summed E-state index contributed by atoms with van der Waals surface area (Å²) in [6.45, 7) is 8.95. The number of rotatable bonds is 9. The molecule has 1 amide bonds. The molecule has 8 nitrogen and oxygen atoms in total. The fourth-order valence-electron chi connectivity index (χ4n) is 4.04. The van der Waals surface area contributed by atoms with Gasteiger partial charge >= 0.3 is 0 Å². The molecule has 0 bridgehead atoms. The number of amides is 1. The van der Waals surface area contributed by atoms with E-state index in [0.29, 0.717) is 42.3 Å². The molecule has 1 fully saturated rings. The molecule has 3 heterocycles. The maximum atomic E-state index is 14.9. The number of nitrogens with one attached hydrogen (secondary N) is 1. The number of nitrogens with zero attached hydrogens (tertiary/aromatic N) is 5. The first-order chi connectivity index (χ1) is 17.1. The highest BCUT2D eigenvalue weighted by molar-refractivity contribution is 5.92. The molecular formula is C26H31FN6O2. The lowest BCUT2D eigenvalue weighted by molar-refractivity contribution is 0.0947. The molecule has 0 saturated carbocycles. The Morgan fingerprint density at radius 2 is 1.89 bits per heavy atom. The van der Waals surface area contributed by atoms with Crippen LogP contribution in [-0.4, -0.2) is 65.3 Å². The van der Waals surface area contributed by atoms with E-state index in [1.165, 1.54) is 0 Å². The Bertz CT molecular complexity index is 1130. The maximum absolute atomic E-state index is 14.9. The fraction of sp³-hybridized carbons (Fsp3) is 0.385. The third-order valence-electron chi connectivity index (χ3n) is 5.89. The second-order valence-electron chi connectivity index (χ2n) is 8.45. The average molecular weight is 479 g/mol. The van der Waals surface area contributed by atoms with Gasteiger partial charge in [-0.05, 0) is 43.2 Å². The van der Waals surface area contributed by atoms with Crippen molar-refractivity contribution in [3.8, 4) is 16.9 Å². The van der Waals surface area contributed by atoms with Gasteiger partial charge in [-0.2, -0.15) is 0 Å². The van der Waals surface area contributed by atoms with Crippen molar-refractivity contribution in [2.45, 2.75) is 26.8 Å². The van der Waals surface area contributed by atoms with Crippen LogP contribution in [0.3, 0.4) is 0 Å². The van der Waals surface area contributed by atoms with Crippen LogP contribution in [0.25, 0.3) is 11.1 Å². The van der Waals surface area contributed by atoms with Crippen LogP contribution in [0.5, 0.6) is 5.75 Å². The largest absolute Gasteiger partial charge is 0.492 e. The van der Waals surface area contributed by atoms with Gasteiger partial charge in [-0.1, -0.05) is 19.1 Å². The summed E-state index contributed by atoms with van der Waals surface area (Å²) in [6.07, 6.45) is 4.15. The van der Waals surface area contributed by atoms with Gasteiger partial charge in [0, 0.05) is 56.6 Å². The van der Waals surface area contributed by atoms with Gasteiger partial charge in [0.2, 0.25) is 0 Å². The zero-order valence-electron chi connectivity index (χ0n) is 20.2. The van der Waals surface area contributed by atoms with Crippen LogP contribution >= 0.6 is 0 Å². The van der Waals surface area contributed by atoms with E-state index < -0.39 is 0 Å². The maximum Gasteiger partial charge on any atom is 0.271 e. The van der Waals surface area contributed by atoms with Gasteiger partial charge in [-0.3, -0.25) is 14.7 Å². The fourth-order valence-corrected chi connectivity index (χ4v) is 4.04. The summed E-state index contributed by atoms with van der Waals surface area (Å²) in [4.78, 5) is 20.6. The molecule has 1 aliphatic rings. The number of anilines is 1. The highest BCUT2D eigenvalue weighted by atomic mass is 19.1. The minimum atomic E-state index is -0.269. The van der Waals surface area contributed by atoms with Crippen molar-refractivity contribution in [3.63, 3.8) is 0 Å². The summed E-state index contributed by atoms with van der Waals surface area (Å²) in [5, 5.41) is 11.1. The zero-order chi connectivity index (χ0) is 24.6. The third-order valence-corrected chi connectivity index (χ3v) is 5.89. The molecule has 1 aliphatic heterocycles. The normalized spacial score (nSPS) is 14.1. The lowest BCUT2D eigenvalue weighted by atomic mass is 10.0. The van der Waals surface area contributed by atoms with Crippen molar-refractivity contribution in [3.05, 3.63) is 65.9 Å². The van der Waals surface area contributed by atoms with Crippen molar-refractivity contribution in [2.24, 2.45) is 0 Å². The Morgan fingerprint density at radius 3 is 2.57 bits per heavy atom. The first kappa shape index (κ1) is 24.5. The molecule has 1 saturated heterocycles. The van der Waals surface area contributed by atoms with E-state index in [2.05, 4.69) is 30.3 Å². The summed E-state index contributed by atoms with van der Waals surface area (Å²) in [6, 6.07) is 10.7. The quantitative estimate of drug-likeness (QED) is 0.504. The van der Waals surface area contributed by atoms with Crippen molar-refractivity contribution in [1.82, 2.24) is 25.4 Å². The van der Waals surface area contributed by atoms with Crippen LogP contribution in [0, 0.1) is 5.82 Å². The predicted octanol–water partition coefficient (Wildman–Crippen LogP) is 3.54. The smallest absolute Gasteiger partial charge is 0.271 e. The van der Waals surface area contributed by atoms with Crippen LogP contribution in [0.2, 0.25) is 0 Å². The second-order valence-corrected chi connectivity index (χ2v) is 8.45. The molecular weight excluding hydrogens is 447 g/mol. The van der Waals surface area contributed by atoms with E-state index in [1.807, 2.05) is 32.0 Å². The van der Waals surface area contributed by atoms with Gasteiger partial charge in [-0.25, -0.2) is 4.39 Å². The topological polar surface area (TPSA) is 83.5 Å². The van der Waals surface area contributed by atoms with Crippen molar-refractivity contribution in [2.75, 3.05) is 44.2 Å². The van der Waals surface area contributed by atoms with E-state index in [0.717, 1.165) is 44.0 Å². The number of carbonyl (C=O) groups excluding carboxylic acids is 1. The van der Waals surface area contributed by atoms with Crippen molar-refractivity contribution >= 4 is 11.7 Å². The number of carbonyl (C=O) groups is 1. The number of halogens is 1. The highest BCUT2D eigenvalue weighted by Crippen LogP contribution is 2.26. The Hall–Kier alpha value is -3.59. The molecule has 1 N–H and O–H groups in total. The number of hydrogen-bond donors (Lipinski definition) is 1. The zero-order valence-corrected chi connectivity index (χ0v) is 20.2. The SMILES string of the molecule is CCCNC(=O)c1ccc(N2CCN(Cc3ccc(-c4cncc(OCC)c4)c(F)c3)CC2)nn1. The number of piperazine rings is 1. The monoisotopic (exact) mass is 478 g/mol. The van der Waals surface area contributed by atoms with Crippen molar-refractivity contribution in [1.29, 1.82) is 0 Å². The van der Waals surface area contributed by atoms with Crippen LogP contribution < -0.4 is 15.0 Å². The number of pyridine rings is 1. The summed E-state index contributed by atoms with van der Waals surface area (Å²) >= 11 is 0. The summed E-state index contributed by atoms with van der Waals surface area (Å²) in [5.41, 5.74) is 2.46. The van der Waals surface area contributed by atoms with E-state index in [4.69, 9.17) is 4.74 Å². The van der Waals surface area contributed by atoms with Crippen molar-refractivity contribution < 1.29 is 13.9 Å². The Balaban J connectivity index is 1.32. The van der Waals surface area contributed by atoms with E-state index in [1.54, 1.807) is 30.6 Å². The molecule has 184 valence electrons. The number of aromatic nitrogens is 3. The number of benzene rings is 1. The Kier molecular flexibility index (Phi) is 8.20. The van der Waals surface area contributed by atoms with E-state index in [9.17, 15) is 9.18 Å². The molecule has 0 unspecified atom stereocenters. The van der Waals surface area contributed by atoms with Gasteiger partial charge in [0.25, 0.3) is 5.91 Å². The number of hydrogen-bond acceptors (Lipinski definition) is 7. The minimum Gasteiger partial charge on any atom is -0.492 e. The molecule has 35 heavy (non-hydrogen) atoms. The lowest BCUT2D eigenvalue weighted by Gasteiger charge is -2.35. The summed E-state index contributed by atoms with van der Waals surface area (Å²) in [7, 11) is 0. The van der Waals surface area contributed by atoms with E-state index in [-0.39, 0.29) is 11.7 Å². The Labute approximate surface area is 205 Å². The predicted molar refractivity (Wildman–Crippen MR) is 133 cm³/mol. The second kappa shape index (κ2) is 11.7. The van der Waals surface area contributed by atoms with Crippen LogP contribution in [0.1, 0.15) is 36.3 Å². The molecule has 4 rings (SSSR count). The Morgan fingerprint density at radius 1 is 1.06 bits per heavy atom. The highest BCUT2D eigenvalue weighted by Gasteiger charge is 2.20. The molecule has 9 heteroatoms. The van der Waals surface area contributed by atoms with E-state index >= 15 is 0 Å². The first-order valence-electron chi connectivity index (χ1n) is 12.0. The number of ether oxygens (including phenoxy) is 1. The molecule has 0 aliphatic carbocycles. The molecule has 1 aromatic carbocycles. The molecule has 3 aromatic rings. The first-order valence-corrected chi connectivity index (χ1v) is 12.0. The lowest BCUT2D eigenvalue weighted by Crippen LogP contribution is -2.46. The van der Waals surface area contributed by atoms with Gasteiger partial charge in [-0.15, -0.1) is 10.2 Å². The van der Waals surface area contributed by atoms with Crippen LogP contribution in [0.15, 0.2) is 48.8 Å².